The quantitative estimate of drug-likeness (QED) is 0.842. The molecule has 1 heterocycles. The number of amides is 1. The Morgan fingerprint density at radius 3 is 2.67 bits per heavy atom. The Morgan fingerprint density at radius 2 is 1.96 bits per heavy atom. The molecule has 2 aromatic rings. The van der Waals surface area contributed by atoms with Gasteiger partial charge in [0, 0.05) is 24.1 Å². The first-order valence-electron chi connectivity index (χ1n) is 7.56. The normalized spacial score (nSPS) is 13.9. The average Bonchev–Trinajstić information content (AvgIpc) is 2.59. The van der Waals surface area contributed by atoms with Crippen LogP contribution < -0.4 is 4.90 Å². The molecule has 24 heavy (non-hydrogen) atoms. The van der Waals surface area contributed by atoms with E-state index in [-0.39, 0.29) is 10.8 Å². The third-order valence-electron chi connectivity index (χ3n) is 4.09. The summed E-state index contributed by atoms with van der Waals surface area (Å²) in [6.07, 6.45) is 2.50. The van der Waals surface area contributed by atoms with Crippen LogP contribution in [0.2, 0.25) is 0 Å². The number of fused-ring (bicyclic) bond motifs is 1. The van der Waals surface area contributed by atoms with Crippen molar-refractivity contribution in [3.8, 4) is 6.07 Å². The standard InChI is InChI=1S/C18H16N2O3S/c1-24(22,23)17-9-3-8-16-15(17)7-4-10-20(16)18(21)14-6-2-5-13(11-14)12-19/h2-3,5-6,8-9,11H,4,7,10H2,1H3. The number of carbonyl (C=O) groups excluding carboxylic acids is 1. The van der Waals surface area contributed by atoms with E-state index in [0.29, 0.717) is 41.8 Å². The van der Waals surface area contributed by atoms with Gasteiger partial charge in [-0.2, -0.15) is 5.26 Å². The number of anilines is 1. The minimum atomic E-state index is -3.35. The first-order valence-corrected chi connectivity index (χ1v) is 9.45. The lowest BCUT2D eigenvalue weighted by Crippen LogP contribution is -2.36. The monoisotopic (exact) mass is 340 g/mol. The molecule has 0 spiro atoms. The largest absolute Gasteiger partial charge is 0.308 e. The minimum absolute atomic E-state index is 0.223. The smallest absolute Gasteiger partial charge is 0.258 e. The van der Waals surface area contributed by atoms with Crippen LogP contribution in [0.25, 0.3) is 0 Å². The lowest BCUT2D eigenvalue weighted by atomic mass is 10.0. The summed E-state index contributed by atoms with van der Waals surface area (Å²) in [6.45, 7) is 0.524. The van der Waals surface area contributed by atoms with E-state index in [1.165, 1.54) is 6.26 Å². The van der Waals surface area contributed by atoms with E-state index in [0.717, 1.165) is 0 Å². The van der Waals surface area contributed by atoms with E-state index in [9.17, 15) is 13.2 Å². The van der Waals surface area contributed by atoms with E-state index >= 15 is 0 Å². The van der Waals surface area contributed by atoms with Gasteiger partial charge in [-0.15, -0.1) is 0 Å². The number of hydrogen-bond donors (Lipinski definition) is 0. The molecule has 6 heteroatoms. The van der Waals surface area contributed by atoms with E-state index in [2.05, 4.69) is 0 Å². The number of nitrogens with zero attached hydrogens (tertiary/aromatic N) is 2. The fourth-order valence-corrected chi connectivity index (χ4v) is 4.01. The highest BCUT2D eigenvalue weighted by Crippen LogP contribution is 2.33. The van der Waals surface area contributed by atoms with Crippen molar-refractivity contribution in [1.82, 2.24) is 0 Å². The van der Waals surface area contributed by atoms with Crippen molar-refractivity contribution in [1.29, 1.82) is 5.26 Å². The van der Waals surface area contributed by atoms with Crippen molar-refractivity contribution in [2.75, 3.05) is 17.7 Å². The highest BCUT2D eigenvalue weighted by Gasteiger charge is 2.27. The maximum atomic E-state index is 12.9. The molecule has 0 saturated carbocycles. The van der Waals surface area contributed by atoms with Crippen LogP contribution >= 0.6 is 0 Å². The zero-order chi connectivity index (χ0) is 17.3. The predicted octanol–water partition coefficient (Wildman–Crippen LogP) is 2.55. The summed E-state index contributed by atoms with van der Waals surface area (Å²) in [5, 5.41) is 9.00. The first-order chi connectivity index (χ1) is 11.4. The minimum Gasteiger partial charge on any atom is -0.308 e. The Balaban J connectivity index is 2.07. The second-order valence-electron chi connectivity index (χ2n) is 5.78. The molecule has 0 N–H and O–H groups in total. The van der Waals surface area contributed by atoms with Crippen LogP contribution in [0.5, 0.6) is 0 Å². The second kappa shape index (κ2) is 6.10. The summed E-state index contributed by atoms with van der Waals surface area (Å²) in [5.41, 5.74) is 2.17. The van der Waals surface area contributed by atoms with Crippen molar-refractivity contribution >= 4 is 21.4 Å². The molecule has 122 valence electrons. The van der Waals surface area contributed by atoms with Crippen LogP contribution in [-0.2, 0) is 16.3 Å². The van der Waals surface area contributed by atoms with E-state index in [1.54, 1.807) is 47.4 Å². The van der Waals surface area contributed by atoms with Gasteiger partial charge in [-0.25, -0.2) is 8.42 Å². The van der Waals surface area contributed by atoms with Gasteiger partial charge in [0.1, 0.15) is 0 Å². The Kier molecular flexibility index (Phi) is 4.12. The molecule has 0 bridgehead atoms. The molecule has 0 radical (unpaired) electrons. The van der Waals surface area contributed by atoms with Crippen molar-refractivity contribution in [2.45, 2.75) is 17.7 Å². The van der Waals surface area contributed by atoms with Crippen molar-refractivity contribution in [3.63, 3.8) is 0 Å². The zero-order valence-electron chi connectivity index (χ0n) is 13.2. The number of nitriles is 1. The van der Waals surface area contributed by atoms with E-state index in [4.69, 9.17) is 5.26 Å². The summed E-state index contributed by atoms with van der Waals surface area (Å²) < 4.78 is 24.0. The molecule has 0 unspecified atom stereocenters. The summed E-state index contributed by atoms with van der Waals surface area (Å²) in [5.74, 6) is -0.223. The highest BCUT2D eigenvalue weighted by atomic mass is 32.2. The van der Waals surface area contributed by atoms with Gasteiger partial charge in [0.15, 0.2) is 9.84 Å². The molecule has 0 saturated heterocycles. The van der Waals surface area contributed by atoms with Crippen LogP contribution in [0, 0.1) is 11.3 Å². The topological polar surface area (TPSA) is 78.2 Å². The molecule has 1 aliphatic rings. The second-order valence-corrected chi connectivity index (χ2v) is 7.76. The van der Waals surface area contributed by atoms with Crippen LogP contribution in [-0.4, -0.2) is 27.1 Å². The van der Waals surface area contributed by atoms with Crippen molar-refractivity contribution in [2.24, 2.45) is 0 Å². The third kappa shape index (κ3) is 2.91. The number of rotatable bonds is 2. The van der Waals surface area contributed by atoms with Crippen LogP contribution in [0.1, 0.15) is 27.9 Å². The summed E-state index contributed by atoms with van der Waals surface area (Å²) in [7, 11) is -3.35. The van der Waals surface area contributed by atoms with E-state index < -0.39 is 9.84 Å². The molecule has 0 aromatic heterocycles. The fourth-order valence-electron chi connectivity index (χ4n) is 3.03. The Labute approximate surface area is 141 Å². The summed E-state index contributed by atoms with van der Waals surface area (Å²) >= 11 is 0. The molecule has 0 fully saturated rings. The van der Waals surface area contributed by atoms with Crippen LogP contribution in [0.4, 0.5) is 5.69 Å². The zero-order valence-corrected chi connectivity index (χ0v) is 14.0. The first kappa shape index (κ1) is 16.2. The van der Waals surface area contributed by atoms with E-state index in [1.807, 2.05) is 6.07 Å². The van der Waals surface area contributed by atoms with Gasteiger partial charge < -0.3 is 4.90 Å². The summed E-state index contributed by atoms with van der Waals surface area (Å²) in [6, 6.07) is 13.6. The third-order valence-corrected chi connectivity index (χ3v) is 5.27. The maximum Gasteiger partial charge on any atom is 0.258 e. The predicted molar refractivity (Wildman–Crippen MR) is 90.7 cm³/mol. The highest BCUT2D eigenvalue weighted by molar-refractivity contribution is 7.90. The Hall–Kier alpha value is -2.65. The van der Waals surface area contributed by atoms with Gasteiger partial charge in [-0.3, -0.25) is 4.79 Å². The fraction of sp³-hybridized carbons (Fsp3) is 0.222. The lowest BCUT2D eigenvalue weighted by Gasteiger charge is -2.30. The van der Waals surface area contributed by atoms with Crippen molar-refractivity contribution < 1.29 is 13.2 Å². The molecule has 5 nitrogen and oxygen atoms in total. The summed E-state index contributed by atoms with van der Waals surface area (Å²) in [4.78, 5) is 14.7. The van der Waals surface area contributed by atoms with Gasteiger partial charge in [0.25, 0.3) is 5.91 Å². The number of benzene rings is 2. The number of sulfone groups is 1. The van der Waals surface area contributed by atoms with Gasteiger partial charge >= 0.3 is 0 Å². The average molecular weight is 340 g/mol. The SMILES string of the molecule is CS(=O)(=O)c1cccc2c1CCCN2C(=O)c1cccc(C#N)c1. The molecule has 2 aromatic carbocycles. The Bertz CT molecular complexity index is 958. The molecular formula is C18H16N2O3S. The van der Waals surface area contributed by atoms with Crippen molar-refractivity contribution in [3.05, 3.63) is 59.2 Å². The maximum absolute atomic E-state index is 12.9. The number of carbonyl (C=O) groups is 1. The molecule has 3 rings (SSSR count). The van der Waals surface area contributed by atoms with Gasteiger partial charge in [0.05, 0.1) is 16.5 Å². The molecule has 1 amide bonds. The van der Waals surface area contributed by atoms with Crippen LogP contribution in [0.15, 0.2) is 47.4 Å². The van der Waals surface area contributed by atoms with Gasteiger partial charge in [-0.1, -0.05) is 12.1 Å². The lowest BCUT2D eigenvalue weighted by molar-refractivity contribution is 0.0985. The van der Waals surface area contributed by atoms with Gasteiger partial charge in [-0.05, 0) is 48.7 Å². The van der Waals surface area contributed by atoms with Gasteiger partial charge in [0.2, 0.25) is 0 Å². The Morgan fingerprint density at radius 1 is 1.21 bits per heavy atom. The molecular weight excluding hydrogens is 324 g/mol. The van der Waals surface area contributed by atoms with Crippen LogP contribution in [0.3, 0.4) is 0 Å². The number of hydrogen-bond acceptors (Lipinski definition) is 4. The molecule has 1 aliphatic heterocycles. The molecule has 0 aliphatic carbocycles. The molecule has 0 atom stereocenters.